The van der Waals surface area contributed by atoms with Gasteiger partial charge in [0.25, 0.3) is 0 Å². The highest BCUT2D eigenvalue weighted by molar-refractivity contribution is 5.81. The van der Waals surface area contributed by atoms with Crippen LogP contribution in [0.1, 0.15) is 28.3 Å². The van der Waals surface area contributed by atoms with Crippen molar-refractivity contribution < 1.29 is 40.0 Å². The van der Waals surface area contributed by atoms with Gasteiger partial charge in [0.05, 0.1) is 48.8 Å². The van der Waals surface area contributed by atoms with Gasteiger partial charge in [0, 0.05) is 11.6 Å². The number of halogens is 7. The fourth-order valence-electron chi connectivity index (χ4n) is 3.96. The van der Waals surface area contributed by atoms with E-state index in [-0.39, 0.29) is 47.7 Å². The van der Waals surface area contributed by atoms with Gasteiger partial charge in [-0.2, -0.15) is 31.4 Å². The molecule has 2 aromatic heterocycles. The number of hydrogen-bond donors (Lipinski definition) is 1. The van der Waals surface area contributed by atoms with Crippen molar-refractivity contribution in [2.24, 2.45) is 5.10 Å². The lowest BCUT2D eigenvalue weighted by molar-refractivity contribution is -0.142. The standard InChI is InChI=1S/C24H16F7N5O2/c1-37-20-4-2-3-15(21(20)25)22-33-18-9-32-36(11-19(18)34-22)10-13-8-17(35-38-13)14-6-5-12(23(26,27)28)7-16(14)24(29,30)31/h2-9H,10-11H2,1H3,(H,33,34). The number of methoxy groups -OCH3 is 1. The molecule has 0 aliphatic carbocycles. The highest BCUT2D eigenvalue weighted by Gasteiger charge is 2.39. The van der Waals surface area contributed by atoms with Gasteiger partial charge < -0.3 is 14.2 Å². The van der Waals surface area contributed by atoms with E-state index in [0.29, 0.717) is 23.5 Å². The minimum Gasteiger partial charge on any atom is -0.494 e. The molecule has 1 N–H and O–H groups in total. The number of ether oxygens (including phenoxy) is 1. The second-order valence-electron chi connectivity index (χ2n) is 8.27. The lowest BCUT2D eigenvalue weighted by Crippen LogP contribution is -2.21. The van der Waals surface area contributed by atoms with Crippen LogP contribution in [0, 0.1) is 5.82 Å². The number of H-pyrrole nitrogens is 1. The summed E-state index contributed by atoms with van der Waals surface area (Å²) in [7, 11) is 1.34. The predicted molar refractivity (Wildman–Crippen MR) is 119 cm³/mol. The molecule has 5 rings (SSSR count). The number of nitrogens with one attached hydrogen (secondary N) is 1. The quantitative estimate of drug-likeness (QED) is 0.303. The van der Waals surface area contributed by atoms with Crippen molar-refractivity contribution in [3.8, 4) is 28.4 Å². The summed E-state index contributed by atoms with van der Waals surface area (Å²) in [5.74, 6) is -0.170. The van der Waals surface area contributed by atoms with Gasteiger partial charge in [-0.05, 0) is 24.3 Å². The summed E-state index contributed by atoms with van der Waals surface area (Å²) >= 11 is 0. The van der Waals surface area contributed by atoms with Crippen molar-refractivity contribution in [2.75, 3.05) is 7.11 Å². The molecule has 0 fully saturated rings. The second-order valence-corrected chi connectivity index (χ2v) is 8.27. The van der Waals surface area contributed by atoms with Crippen molar-refractivity contribution in [3.05, 3.63) is 76.6 Å². The zero-order chi connectivity index (χ0) is 27.2. The third kappa shape index (κ3) is 4.80. The van der Waals surface area contributed by atoms with E-state index in [1.54, 1.807) is 6.07 Å². The monoisotopic (exact) mass is 539 g/mol. The molecule has 38 heavy (non-hydrogen) atoms. The van der Waals surface area contributed by atoms with E-state index in [4.69, 9.17) is 9.26 Å². The Labute approximate surface area is 209 Å². The summed E-state index contributed by atoms with van der Waals surface area (Å²) < 4.78 is 104. The van der Waals surface area contributed by atoms with E-state index < -0.39 is 34.9 Å². The third-order valence-electron chi connectivity index (χ3n) is 5.76. The number of fused-ring (bicyclic) bond motifs is 1. The Balaban J connectivity index is 1.36. The van der Waals surface area contributed by atoms with E-state index in [1.807, 2.05) is 0 Å². The van der Waals surface area contributed by atoms with Crippen molar-refractivity contribution in [1.82, 2.24) is 20.1 Å². The molecule has 1 aliphatic rings. The Hall–Kier alpha value is -4.36. The van der Waals surface area contributed by atoms with Crippen molar-refractivity contribution in [2.45, 2.75) is 25.4 Å². The maximum Gasteiger partial charge on any atom is 0.417 e. The molecule has 0 saturated carbocycles. The van der Waals surface area contributed by atoms with Crippen molar-refractivity contribution >= 4 is 6.21 Å². The first kappa shape index (κ1) is 25.3. The molecular formula is C24H16F7N5O2. The summed E-state index contributed by atoms with van der Waals surface area (Å²) in [6, 6.07) is 7.12. The lowest BCUT2D eigenvalue weighted by Gasteiger charge is -2.19. The van der Waals surface area contributed by atoms with E-state index in [2.05, 4.69) is 20.2 Å². The Morgan fingerprint density at radius 1 is 1.03 bits per heavy atom. The largest absolute Gasteiger partial charge is 0.494 e. The van der Waals surface area contributed by atoms with E-state index >= 15 is 0 Å². The number of hydrazone groups is 1. The van der Waals surface area contributed by atoms with Gasteiger partial charge in [-0.1, -0.05) is 17.3 Å². The average Bonchev–Trinajstić information content (AvgIpc) is 3.49. The first-order valence-corrected chi connectivity index (χ1v) is 10.9. The second kappa shape index (κ2) is 9.19. The normalized spacial score (nSPS) is 13.6. The number of alkyl halides is 6. The number of aromatic amines is 1. The topological polar surface area (TPSA) is 79.5 Å². The van der Waals surface area contributed by atoms with E-state index in [1.165, 1.54) is 36.5 Å². The van der Waals surface area contributed by atoms with Crippen LogP contribution >= 0.6 is 0 Å². The van der Waals surface area contributed by atoms with Gasteiger partial charge in [-0.25, -0.2) is 9.37 Å². The number of aromatic nitrogens is 3. The van der Waals surface area contributed by atoms with Crippen LogP contribution in [0.2, 0.25) is 0 Å². The molecular weight excluding hydrogens is 523 g/mol. The molecule has 0 unspecified atom stereocenters. The van der Waals surface area contributed by atoms with E-state index in [0.717, 1.165) is 0 Å². The Morgan fingerprint density at radius 3 is 2.53 bits per heavy atom. The molecule has 0 radical (unpaired) electrons. The maximum atomic E-state index is 14.6. The highest BCUT2D eigenvalue weighted by Crippen LogP contribution is 2.41. The molecule has 4 aromatic rings. The minimum atomic E-state index is -5.05. The Morgan fingerprint density at radius 2 is 1.82 bits per heavy atom. The number of imidazole rings is 1. The van der Waals surface area contributed by atoms with Crippen LogP contribution in [0.3, 0.4) is 0 Å². The molecule has 0 atom stereocenters. The molecule has 198 valence electrons. The zero-order valence-electron chi connectivity index (χ0n) is 19.3. The summed E-state index contributed by atoms with van der Waals surface area (Å²) in [5, 5.41) is 9.34. The molecule has 3 heterocycles. The van der Waals surface area contributed by atoms with Crippen LogP contribution in [0.25, 0.3) is 22.6 Å². The summed E-state index contributed by atoms with van der Waals surface area (Å²) in [4.78, 5) is 7.38. The molecule has 2 aromatic carbocycles. The molecule has 0 spiro atoms. The number of rotatable bonds is 5. The zero-order valence-corrected chi connectivity index (χ0v) is 19.3. The first-order chi connectivity index (χ1) is 17.9. The molecule has 0 saturated heterocycles. The lowest BCUT2D eigenvalue weighted by atomic mass is 10.0. The van der Waals surface area contributed by atoms with Crippen molar-refractivity contribution in [3.63, 3.8) is 0 Å². The number of hydrogen-bond acceptors (Lipinski definition) is 6. The summed E-state index contributed by atoms with van der Waals surface area (Å²) in [6.45, 7) is 0.154. The highest BCUT2D eigenvalue weighted by atomic mass is 19.4. The van der Waals surface area contributed by atoms with Crippen LogP contribution < -0.4 is 4.74 Å². The minimum absolute atomic E-state index is 0.0210. The molecule has 0 amide bonds. The molecule has 0 bridgehead atoms. The molecule has 14 heteroatoms. The van der Waals surface area contributed by atoms with Crippen LogP contribution in [-0.2, 0) is 25.4 Å². The first-order valence-electron chi connectivity index (χ1n) is 10.9. The Kier molecular flexibility index (Phi) is 6.12. The van der Waals surface area contributed by atoms with Gasteiger partial charge in [0.1, 0.15) is 17.2 Å². The van der Waals surface area contributed by atoms with Crippen LogP contribution in [0.5, 0.6) is 5.75 Å². The summed E-state index contributed by atoms with van der Waals surface area (Å²) in [6.07, 6.45) is -8.57. The van der Waals surface area contributed by atoms with Crippen LogP contribution in [0.15, 0.2) is 52.1 Å². The average molecular weight is 539 g/mol. The SMILES string of the molecule is COc1cccc(-c2nc3c([nH]2)CN(Cc2cc(-c4ccc(C(F)(F)F)cc4C(F)(F)F)no2)N=C3)c1F. The van der Waals surface area contributed by atoms with Gasteiger partial charge in [0.15, 0.2) is 17.3 Å². The van der Waals surface area contributed by atoms with Crippen LogP contribution in [-0.4, -0.2) is 33.5 Å². The van der Waals surface area contributed by atoms with Crippen LogP contribution in [0.4, 0.5) is 30.7 Å². The van der Waals surface area contributed by atoms with Gasteiger partial charge in [-0.15, -0.1) is 0 Å². The maximum absolute atomic E-state index is 14.6. The van der Waals surface area contributed by atoms with Gasteiger partial charge in [-0.3, -0.25) is 5.01 Å². The number of nitrogens with zero attached hydrogens (tertiary/aromatic N) is 4. The summed E-state index contributed by atoms with van der Waals surface area (Å²) in [5.41, 5.74) is -2.49. The van der Waals surface area contributed by atoms with Crippen molar-refractivity contribution in [1.29, 1.82) is 0 Å². The number of benzene rings is 2. The molecule has 7 nitrogen and oxygen atoms in total. The Bertz CT molecular complexity index is 1520. The van der Waals surface area contributed by atoms with Gasteiger partial charge in [0.2, 0.25) is 0 Å². The fraction of sp³-hybridized carbons (Fsp3) is 0.208. The van der Waals surface area contributed by atoms with E-state index in [9.17, 15) is 30.7 Å². The smallest absolute Gasteiger partial charge is 0.417 e. The predicted octanol–water partition coefficient (Wildman–Crippen LogP) is 6.27. The fourth-order valence-corrected chi connectivity index (χ4v) is 3.96. The van der Waals surface area contributed by atoms with Gasteiger partial charge >= 0.3 is 12.4 Å². The third-order valence-corrected chi connectivity index (χ3v) is 5.76. The molecule has 1 aliphatic heterocycles.